The van der Waals surface area contributed by atoms with Crippen molar-refractivity contribution in [1.29, 1.82) is 0 Å². The lowest BCUT2D eigenvalue weighted by molar-refractivity contribution is -0.121. The summed E-state index contributed by atoms with van der Waals surface area (Å²) in [7, 11) is 0. The smallest absolute Gasteiger partial charge is 0.256 e. The zero-order chi connectivity index (χ0) is 16.7. The molecule has 122 valence electrons. The quantitative estimate of drug-likeness (QED) is 0.837. The van der Waals surface area contributed by atoms with Crippen molar-refractivity contribution < 1.29 is 24.2 Å². The fourth-order valence-corrected chi connectivity index (χ4v) is 2.81. The van der Waals surface area contributed by atoms with E-state index in [-0.39, 0.29) is 30.8 Å². The Hall–Kier alpha value is -3.22. The molecule has 2 N–H and O–H groups in total. The summed E-state index contributed by atoms with van der Waals surface area (Å²) in [6.07, 6.45) is 0.0636. The minimum atomic E-state index is -0.647. The van der Waals surface area contributed by atoms with Crippen LogP contribution >= 0.6 is 0 Å². The van der Waals surface area contributed by atoms with Gasteiger partial charge in [0.15, 0.2) is 11.5 Å². The Morgan fingerprint density at radius 1 is 1.04 bits per heavy atom. The average Bonchev–Trinajstić information content (AvgIpc) is 3.13. The number of carbonyl (C=O) groups excluding carboxylic acids is 2. The molecule has 0 bridgehead atoms. The van der Waals surface area contributed by atoms with Crippen molar-refractivity contribution in [2.45, 2.75) is 12.5 Å². The number of phenolic OH excluding ortho intramolecular Hbond substituents is 1. The van der Waals surface area contributed by atoms with Gasteiger partial charge < -0.3 is 19.9 Å². The molecule has 0 unspecified atom stereocenters. The first-order valence-corrected chi connectivity index (χ1v) is 7.44. The lowest BCUT2D eigenvalue weighted by atomic mass is 10.2. The zero-order valence-electron chi connectivity index (χ0n) is 12.6. The number of hydrogen-bond donors (Lipinski definition) is 2. The number of anilines is 2. The molecule has 7 heteroatoms. The summed E-state index contributed by atoms with van der Waals surface area (Å²) in [4.78, 5) is 25.9. The number of nitrogens with zero attached hydrogens (tertiary/aromatic N) is 1. The summed E-state index contributed by atoms with van der Waals surface area (Å²) in [5, 5.41) is 12.4. The molecule has 24 heavy (non-hydrogen) atoms. The van der Waals surface area contributed by atoms with Gasteiger partial charge in [0, 0.05) is 11.8 Å². The van der Waals surface area contributed by atoms with Crippen molar-refractivity contribution in [2.24, 2.45) is 0 Å². The van der Waals surface area contributed by atoms with Gasteiger partial charge in [0.25, 0.3) is 5.91 Å². The van der Waals surface area contributed by atoms with Crippen LogP contribution in [0.5, 0.6) is 17.2 Å². The molecule has 2 heterocycles. The lowest BCUT2D eigenvalue weighted by Gasteiger charge is -2.16. The van der Waals surface area contributed by atoms with Crippen LogP contribution in [0.25, 0.3) is 0 Å². The first-order valence-electron chi connectivity index (χ1n) is 7.44. The highest BCUT2D eigenvalue weighted by atomic mass is 16.7. The van der Waals surface area contributed by atoms with Crippen LogP contribution in [-0.4, -0.2) is 29.8 Å². The van der Waals surface area contributed by atoms with Gasteiger partial charge in [-0.1, -0.05) is 0 Å². The SMILES string of the molecule is O=C1C[C@H](Nc2ccc3c(c2)OCO3)C(=O)N1c1ccc(O)cc1. The number of imide groups is 1. The monoisotopic (exact) mass is 326 g/mol. The number of aromatic hydroxyl groups is 1. The molecule has 1 atom stereocenters. The lowest BCUT2D eigenvalue weighted by Crippen LogP contribution is -2.34. The summed E-state index contributed by atoms with van der Waals surface area (Å²) >= 11 is 0. The normalized spacial score (nSPS) is 19.0. The van der Waals surface area contributed by atoms with Gasteiger partial charge in [-0.2, -0.15) is 0 Å². The van der Waals surface area contributed by atoms with Crippen molar-refractivity contribution in [2.75, 3.05) is 17.0 Å². The molecular weight excluding hydrogens is 312 g/mol. The second-order valence-corrected chi connectivity index (χ2v) is 5.55. The molecule has 2 aromatic carbocycles. The number of fused-ring (bicyclic) bond motifs is 1. The number of amides is 2. The predicted octanol–water partition coefficient (Wildman–Crippen LogP) is 1.86. The van der Waals surface area contributed by atoms with Gasteiger partial charge in [-0.05, 0) is 36.4 Å². The molecule has 0 spiro atoms. The van der Waals surface area contributed by atoms with E-state index < -0.39 is 6.04 Å². The molecule has 2 aliphatic rings. The van der Waals surface area contributed by atoms with Crippen LogP contribution in [0, 0.1) is 0 Å². The fourth-order valence-electron chi connectivity index (χ4n) is 2.81. The highest BCUT2D eigenvalue weighted by Crippen LogP contribution is 2.35. The maximum atomic E-state index is 12.6. The molecule has 0 radical (unpaired) electrons. The third-order valence-electron chi connectivity index (χ3n) is 3.97. The fraction of sp³-hybridized carbons (Fsp3) is 0.176. The molecule has 4 rings (SSSR count). The van der Waals surface area contributed by atoms with Crippen LogP contribution in [0.4, 0.5) is 11.4 Å². The van der Waals surface area contributed by atoms with Crippen molar-refractivity contribution >= 4 is 23.2 Å². The van der Waals surface area contributed by atoms with E-state index in [0.29, 0.717) is 22.9 Å². The Kier molecular flexibility index (Phi) is 3.26. The zero-order valence-corrected chi connectivity index (χ0v) is 12.6. The molecule has 0 saturated carbocycles. The van der Waals surface area contributed by atoms with Crippen LogP contribution in [0.2, 0.25) is 0 Å². The van der Waals surface area contributed by atoms with Crippen LogP contribution < -0.4 is 19.7 Å². The maximum Gasteiger partial charge on any atom is 0.256 e. The Labute approximate surface area is 137 Å². The number of carbonyl (C=O) groups is 2. The Morgan fingerprint density at radius 2 is 1.79 bits per heavy atom. The van der Waals surface area contributed by atoms with Gasteiger partial charge in [0.2, 0.25) is 12.7 Å². The molecule has 1 fully saturated rings. The Balaban J connectivity index is 1.54. The molecular formula is C17H14N2O5. The predicted molar refractivity (Wildman–Crippen MR) is 85.2 cm³/mol. The molecule has 2 amide bonds. The van der Waals surface area contributed by atoms with E-state index in [1.165, 1.54) is 24.3 Å². The van der Waals surface area contributed by atoms with Gasteiger partial charge in [-0.3, -0.25) is 9.59 Å². The van der Waals surface area contributed by atoms with Gasteiger partial charge in [0.05, 0.1) is 12.1 Å². The number of hydrogen-bond acceptors (Lipinski definition) is 6. The molecule has 0 aliphatic carbocycles. The van der Waals surface area contributed by atoms with Crippen molar-refractivity contribution in [3.05, 3.63) is 42.5 Å². The minimum absolute atomic E-state index is 0.0636. The van der Waals surface area contributed by atoms with Crippen molar-refractivity contribution in [1.82, 2.24) is 0 Å². The molecule has 0 aromatic heterocycles. The topological polar surface area (TPSA) is 88.1 Å². The first-order chi connectivity index (χ1) is 11.6. The van der Waals surface area contributed by atoms with E-state index in [1.807, 2.05) is 0 Å². The third-order valence-corrected chi connectivity index (χ3v) is 3.97. The van der Waals surface area contributed by atoms with E-state index in [9.17, 15) is 14.7 Å². The average molecular weight is 326 g/mol. The Morgan fingerprint density at radius 3 is 2.58 bits per heavy atom. The number of phenols is 1. The van der Waals surface area contributed by atoms with Gasteiger partial charge in [0.1, 0.15) is 11.8 Å². The van der Waals surface area contributed by atoms with Crippen LogP contribution in [-0.2, 0) is 9.59 Å². The summed E-state index contributed by atoms with van der Waals surface area (Å²) < 4.78 is 10.6. The summed E-state index contributed by atoms with van der Waals surface area (Å²) in [6, 6.07) is 10.6. The molecule has 1 saturated heterocycles. The molecule has 2 aromatic rings. The van der Waals surface area contributed by atoms with E-state index in [2.05, 4.69) is 5.32 Å². The number of nitrogens with one attached hydrogen (secondary N) is 1. The van der Waals surface area contributed by atoms with Crippen molar-refractivity contribution in [3.63, 3.8) is 0 Å². The number of benzene rings is 2. The van der Waals surface area contributed by atoms with Crippen LogP contribution in [0.15, 0.2) is 42.5 Å². The highest BCUT2D eigenvalue weighted by Gasteiger charge is 2.39. The number of ether oxygens (including phenoxy) is 2. The molecule has 7 nitrogen and oxygen atoms in total. The first kappa shape index (κ1) is 14.4. The summed E-state index contributed by atoms with van der Waals surface area (Å²) in [6.45, 7) is 0.175. The largest absolute Gasteiger partial charge is 0.508 e. The van der Waals surface area contributed by atoms with Gasteiger partial charge in [-0.25, -0.2) is 4.90 Å². The highest BCUT2D eigenvalue weighted by molar-refractivity contribution is 6.23. The molecule has 2 aliphatic heterocycles. The van der Waals surface area contributed by atoms with Crippen LogP contribution in [0.3, 0.4) is 0 Å². The van der Waals surface area contributed by atoms with E-state index >= 15 is 0 Å². The minimum Gasteiger partial charge on any atom is -0.508 e. The van der Waals surface area contributed by atoms with Crippen LogP contribution in [0.1, 0.15) is 6.42 Å². The van der Waals surface area contributed by atoms with E-state index in [4.69, 9.17) is 9.47 Å². The number of rotatable bonds is 3. The van der Waals surface area contributed by atoms with Gasteiger partial charge >= 0.3 is 0 Å². The standard InChI is InChI=1S/C17H14N2O5/c20-12-4-2-11(3-5-12)19-16(21)8-13(17(19)22)18-10-1-6-14-15(7-10)24-9-23-14/h1-7,13,18,20H,8-9H2/t13-/m0/s1. The second kappa shape index (κ2) is 5.45. The van der Waals surface area contributed by atoms with E-state index in [1.54, 1.807) is 18.2 Å². The third kappa shape index (κ3) is 2.40. The second-order valence-electron chi connectivity index (χ2n) is 5.55. The Bertz CT molecular complexity index is 818. The van der Waals surface area contributed by atoms with E-state index in [0.717, 1.165) is 4.90 Å². The summed E-state index contributed by atoms with van der Waals surface area (Å²) in [5.41, 5.74) is 1.12. The summed E-state index contributed by atoms with van der Waals surface area (Å²) in [5.74, 6) is 0.715. The van der Waals surface area contributed by atoms with Gasteiger partial charge in [-0.15, -0.1) is 0 Å². The maximum absolute atomic E-state index is 12.6. The van der Waals surface area contributed by atoms with Crippen molar-refractivity contribution in [3.8, 4) is 17.2 Å².